The number of para-hydroxylation sites is 1. The average Bonchev–Trinajstić information content (AvgIpc) is 2.69. The number of halogens is 3. The van der Waals surface area contributed by atoms with E-state index in [1.807, 2.05) is 0 Å². The van der Waals surface area contributed by atoms with Crippen molar-refractivity contribution in [3.8, 4) is 5.75 Å². The Kier molecular flexibility index (Phi) is 10.2. The van der Waals surface area contributed by atoms with Crippen LogP contribution in [0.1, 0.15) is 46.5 Å². The highest BCUT2D eigenvalue weighted by atomic mass is 19.4. The van der Waals surface area contributed by atoms with Gasteiger partial charge >= 0.3 is 24.2 Å². The predicted octanol–water partition coefficient (Wildman–Crippen LogP) is 4.83. The summed E-state index contributed by atoms with van der Waals surface area (Å²) in [6.07, 6.45) is -9.57. The van der Waals surface area contributed by atoms with Crippen molar-refractivity contribution in [2.45, 2.75) is 69.8 Å². The first-order valence-electron chi connectivity index (χ1n) is 10.1. The van der Waals surface area contributed by atoms with Gasteiger partial charge in [0.1, 0.15) is 17.4 Å². The van der Waals surface area contributed by atoms with Crippen LogP contribution >= 0.6 is 0 Å². The molecule has 0 saturated carbocycles. The normalized spacial score (nSPS) is 14.1. The van der Waals surface area contributed by atoms with Gasteiger partial charge in [-0.2, -0.15) is 13.2 Å². The zero-order valence-electron chi connectivity index (χ0n) is 19.2. The summed E-state index contributed by atoms with van der Waals surface area (Å²) in [6.45, 7) is 4.64. The van der Waals surface area contributed by atoms with E-state index >= 15 is 0 Å². The summed E-state index contributed by atoms with van der Waals surface area (Å²) in [5, 5.41) is 5.46. The summed E-state index contributed by atoms with van der Waals surface area (Å²) in [7, 11) is 0.975. The molecule has 0 aliphatic carbocycles. The summed E-state index contributed by atoms with van der Waals surface area (Å²) >= 11 is 0. The molecule has 1 aromatic rings. The molecule has 10 nitrogen and oxygen atoms in total. The Morgan fingerprint density at radius 1 is 1.15 bits per heavy atom. The highest BCUT2D eigenvalue weighted by Gasteiger charge is 2.45. The van der Waals surface area contributed by atoms with E-state index in [9.17, 15) is 27.6 Å². The Morgan fingerprint density at radius 2 is 1.76 bits per heavy atom. The number of carbonyl (C=O) groups is 3. The van der Waals surface area contributed by atoms with Gasteiger partial charge in [0.15, 0.2) is 0 Å². The van der Waals surface area contributed by atoms with E-state index in [4.69, 9.17) is 15.0 Å². The molecular formula is C21H27F3N4O6. The molecule has 0 saturated heterocycles. The Bertz CT molecular complexity index is 898. The number of amides is 1. The summed E-state index contributed by atoms with van der Waals surface area (Å²) in [4.78, 5) is 39.1. The van der Waals surface area contributed by atoms with Crippen molar-refractivity contribution in [2.24, 2.45) is 5.11 Å². The number of hydrogen-bond donors (Lipinski definition) is 1. The maximum atomic E-state index is 13.4. The second-order valence-corrected chi connectivity index (χ2v) is 8.42. The fourth-order valence-electron chi connectivity index (χ4n) is 3.03. The second-order valence-electron chi connectivity index (χ2n) is 8.42. The predicted molar refractivity (Wildman–Crippen MR) is 114 cm³/mol. The van der Waals surface area contributed by atoms with Crippen LogP contribution in [0.4, 0.5) is 18.0 Å². The first-order chi connectivity index (χ1) is 15.7. The van der Waals surface area contributed by atoms with Crippen LogP contribution in [0.5, 0.6) is 5.75 Å². The third-order valence-electron chi connectivity index (χ3n) is 4.32. The maximum absolute atomic E-state index is 13.4. The third kappa shape index (κ3) is 10.9. The highest BCUT2D eigenvalue weighted by molar-refractivity contribution is 5.81. The van der Waals surface area contributed by atoms with Gasteiger partial charge < -0.3 is 19.5 Å². The standard InChI is InChI=1S/C21H27F3N4O6/c1-19(2,3)34-18(31)26-15(17(30)32-4)12-20(27-28-25,13-21(22,23)24)11-10-16(29)33-14-8-6-5-7-9-14/h5-9,15H,10-13H2,1-4H3,(H,26,31)/t15-,20?/m0/s1. The first-order valence-corrected chi connectivity index (χ1v) is 10.1. The SMILES string of the molecule is COC(=O)[C@H](CC(CCC(=O)Oc1ccccc1)(CC(F)(F)F)N=[N+]=[N-])NC(=O)OC(C)(C)C. The molecule has 0 aliphatic heterocycles. The van der Waals surface area contributed by atoms with E-state index in [-0.39, 0.29) is 5.75 Å². The van der Waals surface area contributed by atoms with Crippen LogP contribution in [0.2, 0.25) is 0 Å². The van der Waals surface area contributed by atoms with Crippen molar-refractivity contribution in [1.82, 2.24) is 5.32 Å². The number of alkyl halides is 3. The molecular weight excluding hydrogens is 461 g/mol. The largest absolute Gasteiger partial charge is 0.467 e. The second kappa shape index (κ2) is 12.1. The van der Waals surface area contributed by atoms with Crippen LogP contribution in [0.25, 0.3) is 10.4 Å². The number of nitrogens with one attached hydrogen (secondary N) is 1. The van der Waals surface area contributed by atoms with Gasteiger partial charge in [-0.05, 0) is 51.3 Å². The zero-order chi connectivity index (χ0) is 26.0. The van der Waals surface area contributed by atoms with Crippen molar-refractivity contribution in [3.05, 3.63) is 40.8 Å². The van der Waals surface area contributed by atoms with Gasteiger partial charge in [0, 0.05) is 11.3 Å². The first kappa shape index (κ1) is 28.6. The minimum absolute atomic E-state index is 0.178. The molecule has 0 heterocycles. The topological polar surface area (TPSA) is 140 Å². The molecule has 0 spiro atoms. The number of alkyl carbamates (subject to hydrolysis) is 1. The van der Waals surface area contributed by atoms with Gasteiger partial charge in [0.25, 0.3) is 0 Å². The van der Waals surface area contributed by atoms with Crippen LogP contribution in [0.3, 0.4) is 0 Å². The molecule has 0 aliphatic rings. The van der Waals surface area contributed by atoms with Crippen LogP contribution in [-0.4, -0.2) is 48.5 Å². The van der Waals surface area contributed by atoms with Crippen molar-refractivity contribution in [3.63, 3.8) is 0 Å². The average molecular weight is 488 g/mol. The molecule has 188 valence electrons. The number of rotatable bonds is 10. The quantitative estimate of drug-likeness (QED) is 0.164. The summed E-state index contributed by atoms with van der Waals surface area (Å²) in [5.41, 5.74) is 5.72. The molecule has 34 heavy (non-hydrogen) atoms. The number of methoxy groups -OCH3 is 1. The Balaban J connectivity index is 3.17. The van der Waals surface area contributed by atoms with Crippen molar-refractivity contribution < 1.29 is 41.8 Å². The fourth-order valence-corrected chi connectivity index (χ4v) is 3.03. The lowest BCUT2D eigenvalue weighted by Gasteiger charge is -2.33. The maximum Gasteiger partial charge on any atom is 0.408 e. The van der Waals surface area contributed by atoms with Gasteiger partial charge in [-0.25, -0.2) is 9.59 Å². The van der Waals surface area contributed by atoms with Gasteiger partial charge in [0.2, 0.25) is 0 Å². The van der Waals surface area contributed by atoms with Gasteiger partial charge in [-0.3, -0.25) is 4.79 Å². The fraction of sp³-hybridized carbons (Fsp3) is 0.571. The summed E-state index contributed by atoms with van der Waals surface area (Å²) < 4.78 is 55.0. The van der Waals surface area contributed by atoms with Crippen molar-refractivity contribution >= 4 is 18.0 Å². The van der Waals surface area contributed by atoms with Crippen LogP contribution < -0.4 is 10.1 Å². The number of esters is 2. The Hall–Kier alpha value is -3.47. The zero-order valence-corrected chi connectivity index (χ0v) is 19.2. The monoisotopic (exact) mass is 488 g/mol. The van der Waals surface area contributed by atoms with Crippen molar-refractivity contribution in [1.29, 1.82) is 0 Å². The molecule has 1 amide bonds. The van der Waals surface area contributed by atoms with Crippen molar-refractivity contribution in [2.75, 3.05) is 7.11 Å². The molecule has 0 aromatic heterocycles. The number of azide groups is 1. The molecule has 1 rings (SSSR count). The molecule has 2 atom stereocenters. The van der Waals surface area contributed by atoms with Gasteiger partial charge in [-0.15, -0.1) is 0 Å². The van der Waals surface area contributed by atoms with E-state index in [0.717, 1.165) is 7.11 Å². The molecule has 1 N–H and O–H groups in total. The Morgan fingerprint density at radius 3 is 2.26 bits per heavy atom. The minimum atomic E-state index is -4.83. The minimum Gasteiger partial charge on any atom is -0.467 e. The molecule has 13 heteroatoms. The lowest BCUT2D eigenvalue weighted by atomic mass is 9.83. The van der Waals surface area contributed by atoms with Crippen LogP contribution in [0, 0.1) is 0 Å². The Labute approximate surface area is 194 Å². The van der Waals surface area contributed by atoms with E-state index in [2.05, 4.69) is 20.1 Å². The number of benzene rings is 1. The smallest absolute Gasteiger partial charge is 0.408 e. The third-order valence-corrected chi connectivity index (χ3v) is 4.32. The number of hydrogen-bond acceptors (Lipinski definition) is 7. The molecule has 0 fully saturated rings. The van der Waals surface area contributed by atoms with E-state index < -0.39 is 67.1 Å². The summed E-state index contributed by atoms with van der Waals surface area (Å²) in [5.74, 6) is -1.78. The van der Waals surface area contributed by atoms with Gasteiger partial charge in [-0.1, -0.05) is 23.3 Å². The number of carbonyl (C=O) groups excluding carboxylic acids is 3. The van der Waals surface area contributed by atoms with Gasteiger partial charge in [0.05, 0.1) is 19.1 Å². The molecule has 0 bridgehead atoms. The van der Waals surface area contributed by atoms with Crippen LogP contribution in [-0.2, 0) is 19.1 Å². The molecule has 1 unspecified atom stereocenters. The lowest BCUT2D eigenvalue weighted by molar-refractivity contribution is -0.154. The van der Waals surface area contributed by atoms with E-state index in [0.29, 0.717) is 0 Å². The highest BCUT2D eigenvalue weighted by Crippen LogP contribution is 2.37. The number of ether oxygens (including phenoxy) is 3. The molecule has 1 aromatic carbocycles. The lowest BCUT2D eigenvalue weighted by Crippen LogP contribution is -2.49. The van der Waals surface area contributed by atoms with E-state index in [1.165, 1.54) is 12.1 Å². The molecule has 0 radical (unpaired) electrons. The van der Waals surface area contributed by atoms with Crippen LogP contribution in [0.15, 0.2) is 35.4 Å². The summed E-state index contributed by atoms with van der Waals surface area (Å²) in [6, 6.07) is 6.17. The van der Waals surface area contributed by atoms with E-state index in [1.54, 1.807) is 39.0 Å². The number of nitrogens with zero attached hydrogens (tertiary/aromatic N) is 3.